The Kier molecular flexibility index (Phi) is 2.47. The quantitative estimate of drug-likeness (QED) is 0.655. The summed E-state index contributed by atoms with van der Waals surface area (Å²) in [4.78, 5) is 0. The Morgan fingerprint density at radius 3 is 2.69 bits per heavy atom. The van der Waals surface area contributed by atoms with E-state index in [1.54, 1.807) is 32.0 Å². The van der Waals surface area contributed by atoms with Crippen molar-refractivity contribution in [3.63, 3.8) is 0 Å². The molecule has 3 nitrogen and oxygen atoms in total. The van der Waals surface area contributed by atoms with Gasteiger partial charge in [-0.05, 0) is 37.1 Å². The number of hydrogen-bond acceptors (Lipinski definition) is 3. The lowest BCUT2D eigenvalue weighted by Gasteiger charge is -2.15. The molecule has 0 bridgehead atoms. The molecule has 1 aromatic carbocycles. The van der Waals surface area contributed by atoms with E-state index in [1.807, 2.05) is 0 Å². The van der Waals surface area contributed by atoms with Crippen molar-refractivity contribution in [3.8, 4) is 5.75 Å². The fourth-order valence-corrected chi connectivity index (χ4v) is 1.16. The van der Waals surface area contributed by atoms with E-state index in [9.17, 15) is 5.11 Å². The number of nitrogens with two attached hydrogens (primary N) is 1. The van der Waals surface area contributed by atoms with E-state index in [0.717, 1.165) is 11.1 Å². The summed E-state index contributed by atoms with van der Waals surface area (Å²) in [6.45, 7) is 3.57. The van der Waals surface area contributed by atoms with Crippen LogP contribution in [0.15, 0.2) is 18.2 Å². The molecule has 0 aromatic heterocycles. The number of phenolic OH excluding ortho intramolecular Hbond substituents is 1. The smallest absolute Gasteiger partial charge is 0.211 e. The number of aliphatic hydroxyl groups is 1. The first-order chi connectivity index (χ1) is 6.56. The predicted octanol–water partition coefficient (Wildman–Crippen LogP) is 1.08. The van der Waals surface area contributed by atoms with Crippen LogP contribution in [0.4, 0.5) is 0 Å². The van der Waals surface area contributed by atoms with Crippen LogP contribution < -0.4 is 5.73 Å². The molecule has 0 heterocycles. The Morgan fingerprint density at radius 2 is 2.23 bits per heavy atom. The van der Waals surface area contributed by atoms with Crippen LogP contribution in [-0.2, 0) is 0 Å². The van der Waals surface area contributed by atoms with Gasteiger partial charge in [0.15, 0.2) is 0 Å². The molecular formula is C10H15NO2. The van der Waals surface area contributed by atoms with Crippen molar-refractivity contribution in [1.29, 1.82) is 1.43 Å². The first-order valence-corrected chi connectivity index (χ1v) is 4.23. The molecule has 0 fully saturated rings. The van der Waals surface area contributed by atoms with Gasteiger partial charge in [0.25, 0.3) is 0 Å². The minimum Gasteiger partial charge on any atom is -0.508 e. The van der Waals surface area contributed by atoms with Gasteiger partial charge >= 0.3 is 0 Å². The largest absolute Gasteiger partial charge is 0.508 e. The van der Waals surface area contributed by atoms with Crippen molar-refractivity contribution in [2.75, 3.05) is 0 Å². The fraction of sp³-hybridized carbons (Fsp3) is 0.400. The molecule has 2 atom stereocenters. The number of aromatic hydroxyl groups is 1. The van der Waals surface area contributed by atoms with Gasteiger partial charge in [-0.3, -0.25) is 0 Å². The van der Waals surface area contributed by atoms with E-state index in [0.29, 0.717) is 0 Å². The third kappa shape index (κ3) is 2.20. The van der Waals surface area contributed by atoms with Crippen molar-refractivity contribution >= 4 is 0 Å². The molecule has 0 aliphatic heterocycles. The number of aliphatic hydroxyl groups excluding tert-OH is 1. The maximum atomic E-state index is 9.32. The van der Waals surface area contributed by atoms with Crippen LogP contribution in [0.1, 0.15) is 24.2 Å². The average molecular weight is 182 g/mol. The molecular weight excluding hydrogens is 166 g/mol. The number of hydrogen-bond donors (Lipinski definition) is 3. The van der Waals surface area contributed by atoms with Gasteiger partial charge in [0, 0.05) is 6.04 Å². The lowest BCUT2D eigenvalue weighted by atomic mass is 10.0. The first kappa shape index (κ1) is 8.53. The van der Waals surface area contributed by atoms with Gasteiger partial charge in [-0.25, -0.2) is 0 Å². The van der Waals surface area contributed by atoms with E-state index in [-0.39, 0.29) is 11.8 Å². The zero-order valence-electron chi connectivity index (χ0n) is 8.82. The monoisotopic (exact) mass is 182 g/mol. The molecule has 0 saturated heterocycles. The molecule has 0 radical (unpaired) electrons. The molecule has 72 valence electrons. The Morgan fingerprint density at radius 1 is 1.54 bits per heavy atom. The highest BCUT2D eigenvalue weighted by molar-refractivity contribution is 5.36. The molecule has 0 aliphatic rings. The van der Waals surface area contributed by atoms with Crippen LogP contribution in [0.2, 0.25) is 0 Å². The summed E-state index contributed by atoms with van der Waals surface area (Å²) < 4.78 is 6.91. The maximum absolute atomic E-state index is 9.32. The normalized spacial score (nSPS) is 16.4. The maximum Gasteiger partial charge on any atom is 0.211 e. The third-order valence-electron chi connectivity index (χ3n) is 2.03. The number of rotatable bonds is 3. The van der Waals surface area contributed by atoms with Gasteiger partial charge < -0.3 is 15.9 Å². The summed E-state index contributed by atoms with van der Waals surface area (Å²) in [5, 5.41) is 13.9. The second kappa shape index (κ2) is 3.77. The van der Waals surface area contributed by atoms with Crippen molar-refractivity contribution in [1.82, 2.24) is 0 Å². The first-order valence-electron chi connectivity index (χ1n) is 4.64. The summed E-state index contributed by atoms with van der Waals surface area (Å²) in [7, 11) is 0. The number of benzene rings is 1. The van der Waals surface area contributed by atoms with Gasteiger partial charge in [0.05, 0.1) is 6.10 Å². The molecule has 13 heavy (non-hydrogen) atoms. The highest BCUT2D eigenvalue weighted by atomic mass is 16.3. The van der Waals surface area contributed by atoms with Gasteiger partial charge in [0.1, 0.15) is 5.75 Å². The van der Waals surface area contributed by atoms with Crippen LogP contribution >= 0.6 is 0 Å². The zero-order valence-corrected chi connectivity index (χ0v) is 7.82. The van der Waals surface area contributed by atoms with E-state index in [1.165, 1.54) is 0 Å². The van der Waals surface area contributed by atoms with Gasteiger partial charge in [0.2, 0.25) is 1.43 Å². The Balaban J connectivity index is 3.00. The van der Waals surface area contributed by atoms with Gasteiger partial charge in [-0.1, -0.05) is 6.07 Å². The average Bonchev–Trinajstić information content (AvgIpc) is 2.11. The van der Waals surface area contributed by atoms with E-state index in [4.69, 9.17) is 7.16 Å². The molecule has 4 N–H and O–H groups in total. The Labute approximate surface area is 79.3 Å². The summed E-state index contributed by atoms with van der Waals surface area (Å²) >= 11 is 0. The van der Waals surface area contributed by atoms with Crippen molar-refractivity contribution < 1.29 is 10.2 Å². The summed E-state index contributed by atoms with van der Waals surface area (Å²) in [6.07, 6.45) is -0.450. The van der Waals surface area contributed by atoms with Crippen molar-refractivity contribution in [2.45, 2.75) is 26.0 Å². The lowest BCUT2D eigenvalue weighted by molar-refractivity contribution is 0.153. The molecule has 0 amide bonds. The number of aryl methyl sites for hydroxylation is 1. The van der Waals surface area contributed by atoms with E-state index >= 15 is 0 Å². The van der Waals surface area contributed by atoms with Crippen molar-refractivity contribution in [2.24, 2.45) is 5.73 Å². The molecule has 1 rings (SSSR count). The topological polar surface area (TPSA) is 66.5 Å². The van der Waals surface area contributed by atoms with Crippen molar-refractivity contribution in [3.05, 3.63) is 29.3 Å². The summed E-state index contributed by atoms with van der Waals surface area (Å²) in [5.41, 5.74) is 7.23. The van der Waals surface area contributed by atoms with Crippen LogP contribution in [0.25, 0.3) is 0 Å². The van der Waals surface area contributed by atoms with Crippen LogP contribution in [0.3, 0.4) is 0 Å². The Hall–Kier alpha value is -1.06. The van der Waals surface area contributed by atoms with Gasteiger partial charge in [-0.2, -0.15) is 0 Å². The second-order valence-corrected chi connectivity index (χ2v) is 3.33. The minimum atomic E-state index is -0.450. The Bertz CT molecular complexity index is 315. The number of phenols is 1. The van der Waals surface area contributed by atoms with E-state index in [2.05, 4.69) is 5.11 Å². The minimum absolute atomic E-state index is 0.238. The van der Waals surface area contributed by atoms with Crippen LogP contribution in [-0.4, -0.2) is 17.7 Å². The molecule has 0 spiro atoms. The third-order valence-corrected chi connectivity index (χ3v) is 2.03. The summed E-state index contributed by atoms with van der Waals surface area (Å²) in [5.74, 6) is 0.238. The summed E-state index contributed by atoms with van der Waals surface area (Å²) in [6, 6.07) is 4.82. The molecule has 2 unspecified atom stereocenters. The second-order valence-electron chi connectivity index (χ2n) is 3.33. The highest BCUT2D eigenvalue weighted by Gasteiger charge is 2.12. The van der Waals surface area contributed by atoms with E-state index < -0.39 is 6.10 Å². The zero-order chi connectivity index (χ0) is 10.7. The van der Waals surface area contributed by atoms with Crippen LogP contribution in [0, 0.1) is 6.92 Å². The highest BCUT2D eigenvalue weighted by Crippen LogP contribution is 2.22. The van der Waals surface area contributed by atoms with Crippen LogP contribution in [0.5, 0.6) is 5.75 Å². The predicted molar refractivity (Wildman–Crippen MR) is 51.5 cm³/mol. The fourth-order valence-electron chi connectivity index (χ4n) is 1.16. The lowest BCUT2D eigenvalue weighted by Crippen LogP contribution is -2.24. The molecule has 0 aliphatic carbocycles. The SMILES string of the molecule is [2H]OC(c1ccc(O)c(C)c1)C(C)N. The molecule has 0 saturated carbocycles. The standard InChI is InChI=1S/C10H15NO2/c1-6-5-8(3-4-9(6)12)10(13)7(2)11/h3-5,7,10,12-13H,11H2,1-2H3/i13D. The van der Waals surface area contributed by atoms with Gasteiger partial charge in [-0.15, -0.1) is 0 Å². The molecule has 1 aromatic rings. The molecule has 3 heteroatoms.